The third kappa shape index (κ3) is 2.07. The SMILES string of the molecule is CCN(CC)c1cc2c(cc1C(C)=O)OCO2. The summed E-state index contributed by atoms with van der Waals surface area (Å²) < 4.78 is 10.7. The summed E-state index contributed by atoms with van der Waals surface area (Å²) in [5, 5.41) is 0. The van der Waals surface area contributed by atoms with Crippen LogP contribution in [-0.2, 0) is 0 Å². The van der Waals surface area contributed by atoms with Crippen LogP contribution < -0.4 is 14.4 Å². The normalized spacial score (nSPS) is 12.6. The van der Waals surface area contributed by atoms with Crippen molar-refractivity contribution in [3.8, 4) is 11.5 Å². The van der Waals surface area contributed by atoms with Gasteiger partial charge < -0.3 is 14.4 Å². The van der Waals surface area contributed by atoms with E-state index in [0.717, 1.165) is 24.5 Å². The zero-order valence-corrected chi connectivity index (χ0v) is 10.4. The van der Waals surface area contributed by atoms with Crippen LogP contribution in [0.3, 0.4) is 0 Å². The second-order valence-electron chi connectivity index (χ2n) is 3.95. The van der Waals surface area contributed by atoms with Crippen molar-refractivity contribution >= 4 is 11.5 Å². The Labute approximate surface area is 101 Å². The zero-order chi connectivity index (χ0) is 12.4. The fourth-order valence-electron chi connectivity index (χ4n) is 2.04. The monoisotopic (exact) mass is 235 g/mol. The standard InChI is InChI=1S/C13H17NO3/c1-4-14(5-2)11-7-13-12(16-8-17-13)6-10(11)9(3)15/h6-7H,4-5,8H2,1-3H3. The van der Waals surface area contributed by atoms with Crippen LogP contribution >= 0.6 is 0 Å². The van der Waals surface area contributed by atoms with Gasteiger partial charge >= 0.3 is 0 Å². The Kier molecular flexibility index (Phi) is 3.22. The molecule has 0 fully saturated rings. The smallest absolute Gasteiger partial charge is 0.231 e. The van der Waals surface area contributed by atoms with Crippen LogP contribution in [0.1, 0.15) is 31.1 Å². The quantitative estimate of drug-likeness (QED) is 0.751. The van der Waals surface area contributed by atoms with E-state index in [9.17, 15) is 4.79 Å². The Morgan fingerprint density at radius 1 is 1.24 bits per heavy atom. The Bertz CT molecular complexity index is 439. The third-order valence-electron chi connectivity index (χ3n) is 2.97. The van der Waals surface area contributed by atoms with Gasteiger partial charge in [-0.05, 0) is 26.8 Å². The number of carbonyl (C=O) groups is 1. The number of fused-ring (bicyclic) bond motifs is 1. The molecule has 17 heavy (non-hydrogen) atoms. The van der Waals surface area contributed by atoms with Gasteiger partial charge in [-0.1, -0.05) is 0 Å². The molecular formula is C13H17NO3. The van der Waals surface area contributed by atoms with Crippen molar-refractivity contribution in [2.75, 3.05) is 24.8 Å². The van der Waals surface area contributed by atoms with Gasteiger partial charge in [0, 0.05) is 24.7 Å². The number of carbonyl (C=O) groups excluding carboxylic acids is 1. The van der Waals surface area contributed by atoms with Crippen LogP contribution in [0, 0.1) is 0 Å². The molecule has 4 heteroatoms. The summed E-state index contributed by atoms with van der Waals surface area (Å²) in [6.45, 7) is 7.65. The first kappa shape index (κ1) is 11.8. The first-order valence-corrected chi connectivity index (χ1v) is 5.86. The molecule has 0 saturated carbocycles. The summed E-state index contributed by atoms with van der Waals surface area (Å²) in [5.74, 6) is 1.42. The lowest BCUT2D eigenvalue weighted by Crippen LogP contribution is -2.23. The van der Waals surface area contributed by atoms with Crippen molar-refractivity contribution in [1.29, 1.82) is 0 Å². The fraction of sp³-hybridized carbons (Fsp3) is 0.462. The summed E-state index contributed by atoms with van der Waals surface area (Å²) in [5.41, 5.74) is 1.62. The van der Waals surface area contributed by atoms with E-state index in [1.54, 1.807) is 13.0 Å². The number of nitrogens with zero attached hydrogens (tertiary/aromatic N) is 1. The highest BCUT2D eigenvalue weighted by Gasteiger charge is 2.21. The van der Waals surface area contributed by atoms with Crippen LogP contribution in [0.4, 0.5) is 5.69 Å². The molecule has 0 aliphatic carbocycles. The number of ketones is 1. The largest absolute Gasteiger partial charge is 0.454 e. The number of Topliss-reactive ketones (excluding diaryl/α,β-unsaturated/α-hetero) is 1. The number of ether oxygens (including phenoxy) is 2. The van der Waals surface area contributed by atoms with Crippen molar-refractivity contribution in [3.05, 3.63) is 17.7 Å². The van der Waals surface area contributed by atoms with Crippen LogP contribution in [-0.4, -0.2) is 25.7 Å². The van der Waals surface area contributed by atoms with Gasteiger partial charge in [0.25, 0.3) is 0 Å². The molecule has 1 aliphatic heterocycles. The summed E-state index contributed by atoms with van der Waals surface area (Å²) in [4.78, 5) is 13.8. The van der Waals surface area contributed by atoms with Gasteiger partial charge in [0.2, 0.25) is 6.79 Å². The predicted octanol–water partition coefficient (Wildman–Crippen LogP) is 2.46. The second-order valence-corrected chi connectivity index (χ2v) is 3.95. The van der Waals surface area contributed by atoms with Crippen molar-refractivity contribution in [3.63, 3.8) is 0 Å². The molecule has 0 saturated heterocycles. The van der Waals surface area contributed by atoms with Crippen molar-refractivity contribution in [1.82, 2.24) is 0 Å². The molecule has 0 amide bonds. The third-order valence-corrected chi connectivity index (χ3v) is 2.97. The molecular weight excluding hydrogens is 218 g/mol. The van der Waals surface area contributed by atoms with Crippen molar-refractivity contribution in [2.24, 2.45) is 0 Å². The maximum atomic E-state index is 11.7. The second kappa shape index (κ2) is 4.65. The molecule has 0 radical (unpaired) electrons. The summed E-state index contributed by atoms with van der Waals surface area (Å²) >= 11 is 0. The van der Waals surface area contributed by atoms with Gasteiger partial charge in [-0.2, -0.15) is 0 Å². The van der Waals surface area contributed by atoms with Crippen LogP contribution in [0.15, 0.2) is 12.1 Å². The average molecular weight is 235 g/mol. The summed E-state index contributed by atoms with van der Waals surface area (Å²) in [6.07, 6.45) is 0. The van der Waals surface area contributed by atoms with Gasteiger partial charge in [-0.25, -0.2) is 0 Å². The van der Waals surface area contributed by atoms with Crippen molar-refractivity contribution in [2.45, 2.75) is 20.8 Å². The van der Waals surface area contributed by atoms with Gasteiger partial charge in [0.15, 0.2) is 17.3 Å². The van der Waals surface area contributed by atoms with Crippen LogP contribution in [0.5, 0.6) is 11.5 Å². The molecule has 1 aromatic carbocycles. The molecule has 0 spiro atoms. The minimum atomic E-state index is 0.0465. The van der Waals surface area contributed by atoms with Gasteiger partial charge in [-0.15, -0.1) is 0 Å². The topological polar surface area (TPSA) is 38.8 Å². The highest BCUT2D eigenvalue weighted by molar-refractivity contribution is 6.00. The summed E-state index contributed by atoms with van der Waals surface area (Å²) in [6, 6.07) is 3.67. The molecule has 1 aliphatic rings. The molecule has 1 aromatic rings. The lowest BCUT2D eigenvalue weighted by molar-refractivity contribution is 0.101. The first-order chi connectivity index (χ1) is 8.17. The van der Waals surface area contributed by atoms with Gasteiger partial charge in [-0.3, -0.25) is 4.79 Å². The average Bonchev–Trinajstić information content (AvgIpc) is 2.76. The number of hydrogen-bond donors (Lipinski definition) is 0. The lowest BCUT2D eigenvalue weighted by Gasteiger charge is -2.23. The minimum absolute atomic E-state index is 0.0465. The molecule has 4 nitrogen and oxygen atoms in total. The molecule has 1 heterocycles. The highest BCUT2D eigenvalue weighted by Crippen LogP contribution is 2.38. The molecule has 0 aromatic heterocycles. The van der Waals surface area contributed by atoms with Crippen LogP contribution in [0.25, 0.3) is 0 Å². The summed E-state index contributed by atoms with van der Waals surface area (Å²) in [7, 11) is 0. The van der Waals surface area contributed by atoms with E-state index in [4.69, 9.17) is 9.47 Å². The van der Waals surface area contributed by atoms with E-state index >= 15 is 0 Å². The van der Waals surface area contributed by atoms with Gasteiger partial charge in [0.05, 0.1) is 5.69 Å². The van der Waals surface area contributed by atoms with E-state index in [0.29, 0.717) is 11.3 Å². The number of rotatable bonds is 4. The van der Waals surface area contributed by atoms with E-state index in [1.165, 1.54) is 0 Å². The number of hydrogen-bond acceptors (Lipinski definition) is 4. The van der Waals surface area contributed by atoms with E-state index in [2.05, 4.69) is 18.7 Å². The molecule has 0 N–H and O–H groups in total. The van der Waals surface area contributed by atoms with E-state index < -0.39 is 0 Å². The molecule has 92 valence electrons. The highest BCUT2D eigenvalue weighted by atomic mass is 16.7. The number of anilines is 1. The zero-order valence-electron chi connectivity index (χ0n) is 10.4. The Balaban J connectivity index is 2.51. The van der Waals surface area contributed by atoms with E-state index in [-0.39, 0.29) is 12.6 Å². The molecule has 0 atom stereocenters. The van der Waals surface area contributed by atoms with E-state index in [1.807, 2.05) is 6.07 Å². The van der Waals surface area contributed by atoms with Gasteiger partial charge in [0.1, 0.15) is 0 Å². The molecule has 2 rings (SSSR count). The number of benzene rings is 1. The maximum Gasteiger partial charge on any atom is 0.231 e. The fourth-order valence-corrected chi connectivity index (χ4v) is 2.04. The molecule has 0 unspecified atom stereocenters. The van der Waals surface area contributed by atoms with Crippen molar-refractivity contribution < 1.29 is 14.3 Å². The molecule has 0 bridgehead atoms. The Morgan fingerprint density at radius 3 is 2.35 bits per heavy atom. The lowest BCUT2D eigenvalue weighted by atomic mass is 10.1. The Hall–Kier alpha value is -1.71. The predicted molar refractivity (Wildman–Crippen MR) is 66.1 cm³/mol. The van der Waals surface area contributed by atoms with Crippen LogP contribution in [0.2, 0.25) is 0 Å². The minimum Gasteiger partial charge on any atom is -0.454 e. The first-order valence-electron chi connectivity index (χ1n) is 5.86. The Morgan fingerprint density at radius 2 is 1.82 bits per heavy atom. The maximum absolute atomic E-state index is 11.7.